The third-order valence-corrected chi connectivity index (χ3v) is 6.81. The topological polar surface area (TPSA) is 145 Å². The van der Waals surface area contributed by atoms with E-state index in [0.717, 1.165) is 18.4 Å². The number of piperidine rings is 1. The van der Waals surface area contributed by atoms with Gasteiger partial charge in [0.25, 0.3) is 5.91 Å². The number of hydrogen-bond donors (Lipinski definition) is 2. The van der Waals surface area contributed by atoms with Gasteiger partial charge < -0.3 is 29.2 Å². The first-order valence-corrected chi connectivity index (χ1v) is 11.9. The van der Waals surface area contributed by atoms with Crippen molar-refractivity contribution in [3.05, 3.63) is 18.2 Å². The van der Waals surface area contributed by atoms with Crippen LogP contribution in [0, 0.1) is 0 Å². The largest absolute Gasteiger partial charge is 0.378 e. The van der Waals surface area contributed by atoms with E-state index >= 15 is 0 Å². The molecule has 3 aliphatic rings. The van der Waals surface area contributed by atoms with E-state index in [2.05, 4.69) is 30.0 Å². The number of amides is 2. The van der Waals surface area contributed by atoms with Gasteiger partial charge in [0, 0.05) is 45.0 Å². The highest BCUT2D eigenvalue weighted by molar-refractivity contribution is 5.96. The zero-order chi connectivity index (χ0) is 23.8. The number of hydrogen-bond acceptors (Lipinski definition) is 9. The van der Waals surface area contributed by atoms with E-state index in [9.17, 15) is 9.59 Å². The van der Waals surface area contributed by atoms with E-state index in [1.807, 2.05) is 4.90 Å². The normalized spacial score (nSPS) is 20.1. The first kappa shape index (κ1) is 21.9. The Labute approximate surface area is 200 Å². The Hall–Kier alpha value is -3.58. The molecule has 2 N–H and O–H groups in total. The molecule has 6 heterocycles. The Kier molecular flexibility index (Phi) is 5.78. The summed E-state index contributed by atoms with van der Waals surface area (Å²) in [6.07, 6.45) is 4.87. The summed E-state index contributed by atoms with van der Waals surface area (Å²) in [5, 5.41) is 6.79. The van der Waals surface area contributed by atoms with Crippen molar-refractivity contribution < 1.29 is 19.1 Å². The lowest BCUT2D eigenvalue weighted by atomic mass is 10.0. The van der Waals surface area contributed by atoms with Crippen LogP contribution < -0.4 is 4.90 Å². The van der Waals surface area contributed by atoms with E-state index < -0.39 is 0 Å². The van der Waals surface area contributed by atoms with Gasteiger partial charge >= 0.3 is 0 Å². The number of likely N-dealkylation sites (tertiary alicyclic amines) is 1. The standard InChI is InChI=1S/C22H27N9O4/c32-16-13-35-10-7-31(16)15-1-3-30(4-2-15)22(33)20-25-17-19(27-20)26-18(14-11-23-24-12-14)28-21(17)29-5-8-34-9-6-29/h11-12,15H,1-10,13H2,(H,23,24)(H,25,26,27,28). The van der Waals surface area contributed by atoms with Crippen LogP contribution >= 0.6 is 0 Å². The second kappa shape index (κ2) is 9.23. The number of aromatic nitrogens is 6. The maximum atomic E-state index is 13.4. The van der Waals surface area contributed by atoms with Gasteiger partial charge in [-0.1, -0.05) is 0 Å². The zero-order valence-corrected chi connectivity index (χ0v) is 19.3. The van der Waals surface area contributed by atoms with Gasteiger partial charge in [0.1, 0.15) is 6.61 Å². The highest BCUT2D eigenvalue weighted by Gasteiger charge is 2.32. The Bertz CT molecular complexity index is 1210. The van der Waals surface area contributed by atoms with Crippen molar-refractivity contribution in [1.82, 2.24) is 39.9 Å². The van der Waals surface area contributed by atoms with Gasteiger partial charge in [-0.15, -0.1) is 0 Å². The number of anilines is 1. The fraction of sp³-hybridized carbons (Fsp3) is 0.545. The van der Waals surface area contributed by atoms with Crippen LogP contribution in [0.1, 0.15) is 23.5 Å². The molecule has 2 amide bonds. The molecule has 35 heavy (non-hydrogen) atoms. The first-order valence-electron chi connectivity index (χ1n) is 11.9. The summed E-state index contributed by atoms with van der Waals surface area (Å²) in [6.45, 7) is 5.01. The van der Waals surface area contributed by atoms with Crippen molar-refractivity contribution in [2.24, 2.45) is 0 Å². The molecule has 0 unspecified atom stereocenters. The maximum Gasteiger partial charge on any atom is 0.289 e. The van der Waals surface area contributed by atoms with E-state index in [0.29, 0.717) is 75.4 Å². The number of carbonyl (C=O) groups excluding carboxylic acids is 2. The van der Waals surface area contributed by atoms with Gasteiger partial charge in [-0.3, -0.25) is 14.7 Å². The number of nitrogens with one attached hydrogen (secondary N) is 2. The lowest BCUT2D eigenvalue weighted by Gasteiger charge is -2.39. The molecule has 3 aliphatic heterocycles. The lowest BCUT2D eigenvalue weighted by molar-refractivity contribution is -0.146. The zero-order valence-electron chi connectivity index (χ0n) is 19.3. The number of ether oxygens (including phenoxy) is 2. The maximum absolute atomic E-state index is 13.4. The molecule has 0 bridgehead atoms. The summed E-state index contributed by atoms with van der Waals surface area (Å²) in [6, 6.07) is 0.141. The molecular formula is C22H27N9O4. The molecule has 0 aliphatic carbocycles. The highest BCUT2D eigenvalue weighted by atomic mass is 16.5. The van der Waals surface area contributed by atoms with Crippen LogP contribution in [-0.2, 0) is 14.3 Å². The predicted molar refractivity (Wildman–Crippen MR) is 124 cm³/mol. The van der Waals surface area contributed by atoms with Gasteiger partial charge in [0.2, 0.25) is 5.91 Å². The minimum atomic E-state index is -0.174. The monoisotopic (exact) mass is 481 g/mol. The van der Waals surface area contributed by atoms with Gasteiger partial charge in [-0.05, 0) is 12.8 Å². The highest BCUT2D eigenvalue weighted by Crippen LogP contribution is 2.27. The van der Waals surface area contributed by atoms with Gasteiger partial charge in [-0.25, -0.2) is 15.0 Å². The fourth-order valence-corrected chi connectivity index (χ4v) is 4.93. The molecule has 184 valence electrons. The first-order chi connectivity index (χ1) is 17.2. The molecule has 0 spiro atoms. The Morgan fingerprint density at radius 3 is 2.54 bits per heavy atom. The van der Waals surface area contributed by atoms with Crippen molar-refractivity contribution in [3.8, 4) is 11.4 Å². The number of carbonyl (C=O) groups is 2. The number of aromatic amines is 2. The fourth-order valence-electron chi connectivity index (χ4n) is 4.93. The number of imidazole rings is 1. The molecule has 0 aromatic carbocycles. The van der Waals surface area contributed by atoms with Crippen LogP contribution in [0.5, 0.6) is 0 Å². The molecule has 0 radical (unpaired) electrons. The van der Waals surface area contributed by atoms with Crippen LogP contribution in [0.4, 0.5) is 5.82 Å². The summed E-state index contributed by atoms with van der Waals surface area (Å²) in [7, 11) is 0. The lowest BCUT2D eigenvalue weighted by Crippen LogP contribution is -2.52. The summed E-state index contributed by atoms with van der Waals surface area (Å²) in [5.74, 6) is 1.28. The van der Waals surface area contributed by atoms with Crippen LogP contribution in [0.25, 0.3) is 22.6 Å². The molecule has 3 fully saturated rings. The van der Waals surface area contributed by atoms with Crippen molar-refractivity contribution >= 4 is 28.8 Å². The van der Waals surface area contributed by atoms with Crippen molar-refractivity contribution in [2.45, 2.75) is 18.9 Å². The summed E-state index contributed by atoms with van der Waals surface area (Å²) < 4.78 is 10.7. The van der Waals surface area contributed by atoms with E-state index in [1.54, 1.807) is 17.3 Å². The third-order valence-electron chi connectivity index (χ3n) is 6.81. The second-order valence-corrected chi connectivity index (χ2v) is 8.90. The van der Waals surface area contributed by atoms with E-state index in [1.165, 1.54) is 0 Å². The molecule has 13 heteroatoms. The molecule has 3 aromatic heterocycles. The predicted octanol–water partition coefficient (Wildman–Crippen LogP) is 0.0430. The van der Waals surface area contributed by atoms with Crippen LogP contribution in [0.15, 0.2) is 12.4 Å². The summed E-state index contributed by atoms with van der Waals surface area (Å²) >= 11 is 0. The Morgan fingerprint density at radius 2 is 1.80 bits per heavy atom. The molecule has 0 atom stereocenters. The molecule has 3 saturated heterocycles. The van der Waals surface area contributed by atoms with Crippen LogP contribution in [-0.4, -0.2) is 117 Å². The average molecular weight is 482 g/mol. The van der Waals surface area contributed by atoms with Crippen LogP contribution in [0.3, 0.4) is 0 Å². The summed E-state index contributed by atoms with van der Waals surface area (Å²) in [5.41, 5.74) is 1.83. The quantitative estimate of drug-likeness (QED) is 0.527. The smallest absolute Gasteiger partial charge is 0.289 e. The molecule has 3 aromatic rings. The Morgan fingerprint density at radius 1 is 1.00 bits per heavy atom. The van der Waals surface area contributed by atoms with Gasteiger partial charge in [-0.2, -0.15) is 5.10 Å². The number of rotatable bonds is 4. The molecule has 6 rings (SSSR count). The third kappa shape index (κ3) is 4.21. The Balaban J connectivity index is 1.25. The average Bonchev–Trinajstić information content (AvgIpc) is 3.59. The number of fused-ring (bicyclic) bond motifs is 1. The molecule has 13 nitrogen and oxygen atoms in total. The SMILES string of the molecule is O=C(c1nc2c(N3CCOCC3)nc(-c3cn[nH]c3)nc2[nH]1)N1CCC(N2CCOCC2=O)CC1. The van der Waals surface area contributed by atoms with Gasteiger partial charge in [0.15, 0.2) is 28.6 Å². The second-order valence-electron chi connectivity index (χ2n) is 8.90. The molecular weight excluding hydrogens is 454 g/mol. The minimum Gasteiger partial charge on any atom is -0.378 e. The van der Waals surface area contributed by atoms with Crippen molar-refractivity contribution in [3.63, 3.8) is 0 Å². The van der Waals surface area contributed by atoms with E-state index in [4.69, 9.17) is 14.5 Å². The van der Waals surface area contributed by atoms with Crippen molar-refractivity contribution in [1.29, 1.82) is 0 Å². The van der Waals surface area contributed by atoms with Gasteiger partial charge in [0.05, 0.1) is 31.6 Å². The van der Waals surface area contributed by atoms with Crippen molar-refractivity contribution in [2.75, 3.05) is 64.1 Å². The molecule has 0 saturated carbocycles. The number of nitrogens with zero attached hydrogens (tertiary/aromatic N) is 7. The van der Waals surface area contributed by atoms with E-state index in [-0.39, 0.29) is 30.3 Å². The van der Waals surface area contributed by atoms with Crippen LogP contribution in [0.2, 0.25) is 0 Å². The number of morpholine rings is 2. The summed E-state index contributed by atoms with van der Waals surface area (Å²) in [4.78, 5) is 48.5. The number of H-pyrrole nitrogens is 2. The minimum absolute atomic E-state index is 0.0287.